The smallest absolute Gasteiger partial charge is 0.406 e. The van der Waals surface area contributed by atoms with E-state index >= 15 is 0 Å². The van der Waals surface area contributed by atoms with E-state index in [1.54, 1.807) is 36.3 Å². The normalized spacial score (nSPS) is 14.2. The fourth-order valence-electron chi connectivity index (χ4n) is 3.56. The van der Waals surface area contributed by atoms with Gasteiger partial charge in [0.15, 0.2) is 5.82 Å². The number of pyridine rings is 1. The second-order valence-corrected chi connectivity index (χ2v) is 7.68. The average Bonchev–Trinajstić information content (AvgIpc) is 3.23. The molecule has 35 heavy (non-hydrogen) atoms. The van der Waals surface area contributed by atoms with Gasteiger partial charge in [-0.1, -0.05) is 12.1 Å². The number of anilines is 2. The van der Waals surface area contributed by atoms with Crippen LogP contribution in [0.2, 0.25) is 0 Å². The number of amides is 3. The lowest BCUT2D eigenvalue weighted by Gasteiger charge is -2.30. The first kappa shape index (κ1) is 24.0. The number of carbonyl (C=O) groups is 2. The van der Waals surface area contributed by atoms with Crippen molar-refractivity contribution in [2.75, 3.05) is 30.5 Å². The van der Waals surface area contributed by atoms with E-state index in [0.717, 1.165) is 17.7 Å². The van der Waals surface area contributed by atoms with Gasteiger partial charge in [0.1, 0.15) is 12.3 Å². The first-order valence-corrected chi connectivity index (χ1v) is 10.4. The molecule has 0 saturated carbocycles. The van der Waals surface area contributed by atoms with Crippen molar-refractivity contribution in [1.82, 2.24) is 20.1 Å². The number of urea groups is 1. The number of nitrogens with one attached hydrogen (secondary N) is 2. The maximum atomic E-state index is 13.2. The summed E-state index contributed by atoms with van der Waals surface area (Å²) in [6, 6.07) is 7.06. The monoisotopic (exact) mass is 490 g/mol. The highest BCUT2D eigenvalue weighted by Gasteiger charge is 2.32. The van der Waals surface area contributed by atoms with Crippen LogP contribution in [0.3, 0.4) is 0 Å². The van der Waals surface area contributed by atoms with Crippen LogP contribution >= 0.6 is 0 Å². The van der Waals surface area contributed by atoms with E-state index in [9.17, 15) is 22.8 Å². The highest BCUT2D eigenvalue weighted by Crippen LogP contribution is 2.31. The first-order valence-electron chi connectivity index (χ1n) is 10.4. The number of halogens is 3. The zero-order valence-electron chi connectivity index (χ0n) is 18.7. The number of rotatable bonds is 6. The molecule has 1 atom stereocenters. The zero-order valence-corrected chi connectivity index (χ0v) is 18.7. The van der Waals surface area contributed by atoms with Gasteiger partial charge in [0.05, 0.1) is 30.2 Å². The molecule has 2 N–H and O–H groups in total. The Bertz CT molecular complexity index is 1230. The number of carbonyl (C=O) groups excluding carboxylic acids is 2. The molecule has 184 valence electrons. The summed E-state index contributed by atoms with van der Waals surface area (Å²) in [5.74, 6) is -0.549. The van der Waals surface area contributed by atoms with Crippen LogP contribution in [0.1, 0.15) is 11.6 Å². The summed E-state index contributed by atoms with van der Waals surface area (Å²) >= 11 is 0. The molecule has 0 spiro atoms. The van der Waals surface area contributed by atoms with E-state index in [4.69, 9.17) is 4.74 Å². The molecule has 0 aliphatic carbocycles. The van der Waals surface area contributed by atoms with Crippen LogP contribution in [0.5, 0.6) is 5.75 Å². The van der Waals surface area contributed by atoms with Crippen LogP contribution in [0, 0.1) is 0 Å². The Morgan fingerprint density at radius 3 is 2.60 bits per heavy atom. The lowest BCUT2D eigenvalue weighted by molar-refractivity contribution is -0.274. The minimum Gasteiger partial charge on any atom is -0.406 e. The van der Waals surface area contributed by atoms with Crippen LogP contribution < -0.4 is 20.3 Å². The molecule has 1 aliphatic heterocycles. The number of aromatic nitrogens is 3. The molecule has 0 saturated heterocycles. The van der Waals surface area contributed by atoms with Crippen LogP contribution in [-0.2, 0) is 16.6 Å². The summed E-state index contributed by atoms with van der Waals surface area (Å²) in [6.07, 6.45) is -1.42. The summed E-state index contributed by atoms with van der Waals surface area (Å²) < 4.78 is 48.0. The van der Waals surface area contributed by atoms with Crippen LogP contribution in [0.25, 0.3) is 11.3 Å². The third-order valence-electron chi connectivity index (χ3n) is 5.10. The molecule has 1 aliphatic rings. The highest BCUT2D eigenvalue weighted by molar-refractivity contribution is 6.08. The highest BCUT2D eigenvalue weighted by atomic mass is 19.4. The number of nitrogens with zero attached hydrogens (tertiary/aromatic N) is 4. The Kier molecular flexibility index (Phi) is 6.60. The van der Waals surface area contributed by atoms with E-state index in [2.05, 4.69) is 25.5 Å². The summed E-state index contributed by atoms with van der Waals surface area (Å²) in [6.45, 7) is -0.248. The van der Waals surface area contributed by atoms with Gasteiger partial charge in [-0.2, -0.15) is 5.10 Å². The van der Waals surface area contributed by atoms with E-state index in [-0.39, 0.29) is 19.0 Å². The minimum absolute atomic E-state index is 0.0290. The van der Waals surface area contributed by atoms with Crippen molar-refractivity contribution in [3.63, 3.8) is 0 Å². The molecular formula is C22H21F3N6O4. The predicted octanol–water partition coefficient (Wildman–Crippen LogP) is 3.24. The largest absolute Gasteiger partial charge is 0.573 e. The molecule has 3 aromatic rings. The summed E-state index contributed by atoms with van der Waals surface area (Å²) in [7, 11) is 3.19. The summed E-state index contributed by atoms with van der Waals surface area (Å²) in [4.78, 5) is 31.2. The minimum atomic E-state index is -4.81. The van der Waals surface area contributed by atoms with Crippen molar-refractivity contribution in [2.24, 2.45) is 7.05 Å². The number of aryl methyl sites for hydroxylation is 1. The van der Waals surface area contributed by atoms with Crippen molar-refractivity contribution in [2.45, 2.75) is 12.4 Å². The average molecular weight is 490 g/mol. The molecule has 3 heterocycles. The molecule has 1 aromatic carbocycles. The van der Waals surface area contributed by atoms with Crippen molar-refractivity contribution < 1.29 is 32.2 Å². The van der Waals surface area contributed by atoms with Gasteiger partial charge in [-0.15, -0.1) is 13.2 Å². The fourth-order valence-corrected chi connectivity index (χ4v) is 3.56. The molecular weight excluding hydrogens is 469 g/mol. The van der Waals surface area contributed by atoms with Crippen molar-refractivity contribution >= 4 is 23.4 Å². The van der Waals surface area contributed by atoms with Gasteiger partial charge in [0.2, 0.25) is 5.91 Å². The number of hydrogen-bond donors (Lipinski definition) is 2. The molecule has 0 radical (unpaired) electrons. The molecule has 1 unspecified atom stereocenters. The van der Waals surface area contributed by atoms with Crippen LogP contribution in [-0.4, -0.2) is 53.3 Å². The van der Waals surface area contributed by atoms with Crippen molar-refractivity contribution in [3.05, 3.63) is 54.4 Å². The van der Waals surface area contributed by atoms with Crippen LogP contribution in [0.4, 0.5) is 29.5 Å². The molecule has 10 nitrogen and oxygen atoms in total. The van der Waals surface area contributed by atoms with Crippen molar-refractivity contribution in [1.29, 1.82) is 0 Å². The van der Waals surface area contributed by atoms with E-state index in [1.165, 1.54) is 24.1 Å². The SMILES string of the molecule is COCC(NC(=O)N1CC(=O)Nc2ccc(-c3cnn(C)c3)nc21)c1ccc(OC(F)(F)F)cc1. The third-order valence-corrected chi connectivity index (χ3v) is 5.10. The number of ether oxygens (including phenoxy) is 2. The maximum absolute atomic E-state index is 13.2. The van der Waals surface area contributed by atoms with E-state index < -0.39 is 30.1 Å². The molecule has 4 rings (SSSR count). The van der Waals surface area contributed by atoms with Gasteiger partial charge in [0.25, 0.3) is 0 Å². The number of fused-ring (bicyclic) bond motifs is 1. The molecule has 3 amide bonds. The number of methoxy groups -OCH3 is 1. The lowest BCUT2D eigenvalue weighted by Crippen LogP contribution is -2.49. The Hall–Kier alpha value is -4.13. The first-order chi connectivity index (χ1) is 16.6. The number of benzene rings is 1. The van der Waals surface area contributed by atoms with E-state index in [0.29, 0.717) is 16.9 Å². The molecule has 0 fully saturated rings. The Balaban J connectivity index is 1.57. The summed E-state index contributed by atoms with van der Waals surface area (Å²) in [5, 5.41) is 9.57. The predicted molar refractivity (Wildman–Crippen MR) is 119 cm³/mol. The van der Waals surface area contributed by atoms with Gasteiger partial charge in [-0.05, 0) is 29.8 Å². The van der Waals surface area contributed by atoms with Crippen molar-refractivity contribution in [3.8, 4) is 17.0 Å². The van der Waals surface area contributed by atoms with Gasteiger partial charge in [0, 0.05) is 25.9 Å². The third kappa shape index (κ3) is 5.69. The fraction of sp³-hybridized carbons (Fsp3) is 0.273. The number of hydrogen-bond acceptors (Lipinski definition) is 6. The zero-order chi connectivity index (χ0) is 25.2. The Morgan fingerprint density at radius 1 is 1.23 bits per heavy atom. The molecule has 0 bridgehead atoms. The lowest BCUT2D eigenvalue weighted by atomic mass is 10.1. The second-order valence-electron chi connectivity index (χ2n) is 7.68. The second kappa shape index (κ2) is 9.62. The number of alkyl halides is 3. The summed E-state index contributed by atoms with van der Waals surface area (Å²) in [5.41, 5.74) is 2.12. The molecule has 2 aromatic heterocycles. The molecule has 13 heteroatoms. The van der Waals surface area contributed by atoms with Gasteiger partial charge in [-0.25, -0.2) is 9.78 Å². The maximum Gasteiger partial charge on any atom is 0.573 e. The Morgan fingerprint density at radius 2 is 1.97 bits per heavy atom. The van der Waals surface area contributed by atoms with Gasteiger partial charge in [-0.3, -0.25) is 14.4 Å². The Labute approximate surface area is 197 Å². The van der Waals surface area contributed by atoms with E-state index in [1.807, 2.05) is 0 Å². The topological polar surface area (TPSA) is 111 Å². The van der Waals surface area contributed by atoms with Gasteiger partial charge < -0.3 is 20.1 Å². The van der Waals surface area contributed by atoms with Crippen LogP contribution in [0.15, 0.2) is 48.8 Å². The van der Waals surface area contributed by atoms with Gasteiger partial charge >= 0.3 is 12.4 Å². The quantitative estimate of drug-likeness (QED) is 0.549. The standard InChI is InChI=1S/C22H21F3N6O4/c1-30-10-14(9-26-30)16-7-8-17-20(28-16)31(11-19(32)27-17)21(33)29-18(12-34-2)13-3-5-15(6-4-13)35-22(23,24)25/h3-10,18H,11-12H2,1-2H3,(H,27,32)(H,29,33).